The summed E-state index contributed by atoms with van der Waals surface area (Å²) in [5.41, 5.74) is 6.55. The van der Waals surface area contributed by atoms with Crippen LogP contribution in [0.2, 0.25) is 0 Å². The number of phenolic OH excluding ortho intramolecular Hbond substituents is 1. The number of unbranched alkanes of at least 4 members (excludes halogenated alkanes) is 14. The molecule has 1 N–H and O–H groups in total. The molecule has 0 spiro atoms. The van der Waals surface area contributed by atoms with E-state index in [1.54, 1.807) is 0 Å². The van der Waals surface area contributed by atoms with Gasteiger partial charge in [0.05, 0.1) is 0 Å². The molecule has 0 aliphatic carbocycles. The zero-order valence-corrected chi connectivity index (χ0v) is 24.2. The summed E-state index contributed by atoms with van der Waals surface area (Å²) in [5, 5.41) is 11.2. The zero-order valence-electron chi connectivity index (χ0n) is 24.2. The highest BCUT2D eigenvalue weighted by atomic mass is 16.3. The molecule has 2 aromatic rings. The van der Waals surface area contributed by atoms with E-state index in [4.69, 9.17) is 0 Å². The molecular formula is C35H56O. The van der Waals surface area contributed by atoms with Crippen LogP contribution in [0.4, 0.5) is 0 Å². The van der Waals surface area contributed by atoms with E-state index in [0.717, 1.165) is 24.0 Å². The number of aryl methyl sites for hydroxylation is 1. The van der Waals surface area contributed by atoms with Crippen LogP contribution in [0.1, 0.15) is 153 Å². The lowest BCUT2D eigenvalue weighted by atomic mass is 9.82. The van der Waals surface area contributed by atoms with E-state index < -0.39 is 0 Å². The van der Waals surface area contributed by atoms with Crippen molar-refractivity contribution in [2.75, 3.05) is 0 Å². The molecule has 0 fully saturated rings. The third-order valence-corrected chi connectivity index (χ3v) is 7.77. The number of hydrogen-bond acceptors (Lipinski definition) is 1. The van der Waals surface area contributed by atoms with Gasteiger partial charge in [0.2, 0.25) is 0 Å². The fraction of sp³-hybridized carbons (Fsp3) is 0.657. The van der Waals surface area contributed by atoms with E-state index in [2.05, 4.69) is 64.1 Å². The van der Waals surface area contributed by atoms with Gasteiger partial charge >= 0.3 is 0 Å². The Balaban J connectivity index is 2.09. The molecule has 0 atom stereocenters. The van der Waals surface area contributed by atoms with Crippen LogP contribution in [0.25, 0.3) is 11.1 Å². The zero-order chi connectivity index (χ0) is 26.0. The van der Waals surface area contributed by atoms with Crippen LogP contribution >= 0.6 is 0 Å². The Morgan fingerprint density at radius 1 is 0.611 bits per heavy atom. The highest BCUT2D eigenvalue weighted by molar-refractivity contribution is 5.76. The summed E-state index contributed by atoms with van der Waals surface area (Å²) in [6.07, 6.45) is 23.9. The third-order valence-electron chi connectivity index (χ3n) is 7.77. The second kappa shape index (κ2) is 18.5. The molecule has 2 aromatic carbocycles. The second-order valence-electron chi connectivity index (χ2n) is 11.3. The van der Waals surface area contributed by atoms with Crippen LogP contribution < -0.4 is 0 Å². The number of rotatable bonds is 20. The average molecular weight is 493 g/mol. The van der Waals surface area contributed by atoms with Crippen LogP contribution in [0, 0.1) is 0 Å². The van der Waals surface area contributed by atoms with Crippen molar-refractivity contribution in [3.63, 3.8) is 0 Å². The van der Waals surface area contributed by atoms with Gasteiger partial charge in [-0.2, -0.15) is 0 Å². The van der Waals surface area contributed by atoms with Crippen molar-refractivity contribution < 1.29 is 5.11 Å². The number of phenols is 1. The number of benzene rings is 2. The Kier molecular flexibility index (Phi) is 15.6. The van der Waals surface area contributed by atoms with Crippen LogP contribution in [0.15, 0.2) is 36.4 Å². The SMILES string of the molecule is CCCCCCCCCCCCc1c(CCCCCCCC)cc(O)c(-c2ccccc2)c1C(C)C. The highest BCUT2D eigenvalue weighted by Gasteiger charge is 2.21. The Bertz CT molecular complexity index is 820. The maximum atomic E-state index is 11.2. The molecule has 2 rings (SSSR count). The molecule has 0 aromatic heterocycles. The maximum absolute atomic E-state index is 11.2. The second-order valence-corrected chi connectivity index (χ2v) is 11.3. The van der Waals surface area contributed by atoms with Gasteiger partial charge in [-0.05, 0) is 59.9 Å². The molecule has 1 heteroatoms. The number of aromatic hydroxyl groups is 1. The van der Waals surface area contributed by atoms with Crippen LogP contribution in [-0.4, -0.2) is 5.11 Å². The van der Waals surface area contributed by atoms with Crippen LogP contribution in [0.3, 0.4) is 0 Å². The molecular weight excluding hydrogens is 436 g/mol. The summed E-state index contributed by atoms with van der Waals surface area (Å²) in [4.78, 5) is 0. The molecule has 0 saturated carbocycles. The van der Waals surface area contributed by atoms with E-state index >= 15 is 0 Å². The van der Waals surface area contributed by atoms with E-state index in [0.29, 0.717) is 11.7 Å². The highest BCUT2D eigenvalue weighted by Crippen LogP contribution is 2.41. The van der Waals surface area contributed by atoms with Gasteiger partial charge in [-0.15, -0.1) is 0 Å². The van der Waals surface area contributed by atoms with Gasteiger partial charge in [0.1, 0.15) is 5.75 Å². The summed E-state index contributed by atoms with van der Waals surface area (Å²) in [7, 11) is 0. The third kappa shape index (κ3) is 10.7. The minimum Gasteiger partial charge on any atom is -0.507 e. The molecule has 0 aliphatic rings. The molecule has 1 nitrogen and oxygen atoms in total. The van der Waals surface area contributed by atoms with Gasteiger partial charge in [-0.3, -0.25) is 0 Å². The first-order chi connectivity index (χ1) is 17.6. The minimum absolute atomic E-state index is 0.397. The van der Waals surface area contributed by atoms with E-state index in [9.17, 15) is 5.11 Å². The predicted molar refractivity (Wildman–Crippen MR) is 160 cm³/mol. The lowest BCUT2D eigenvalue weighted by Crippen LogP contribution is -2.06. The summed E-state index contributed by atoms with van der Waals surface area (Å²) in [5.74, 6) is 0.867. The largest absolute Gasteiger partial charge is 0.507 e. The molecule has 202 valence electrons. The van der Waals surface area contributed by atoms with Crippen molar-refractivity contribution >= 4 is 0 Å². The van der Waals surface area contributed by atoms with Crippen molar-refractivity contribution in [1.82, 2.24) is 0 Å². The summed E-state index contributed by atoms with van der Waals surface area (Å²) in [6.45, 7) is 9.18. The topological polar surface area (TPSA) is 20.2 Å². The van der Waals surface area contributed by atoms with Gasteiger partial charge in [0.25, 0.3) is 0 Å². The van der Waals surface area contributed by atoms with Crippen LogP contribution in [0.5, 0.6) is 5.75 Å². The van der Waals surface area contributed by atoms with Crippen molar-refractivity contribution in [1.29, 1.82) is 0 Å². The molecule has 36 heavy (non-hydrogen) atoms. The molecule has 0 unspecified atom stereocenters. The minimum atomic E-state index is 0.397. The Labute approximate surface area is 224 Å². The normalized spacial score (nSPS) is 11.5. The first kappa shape index (κ1) is 30.5. The Morgan fingerprint density at radius 3 is 1.58 bits per heavy atom. The van der Waals surface area contributed by atoms with Crippen molar-refractivity contribution in [3.8, 4) is 16.9 Å². The molecule has 0 amide bonds. The molecule has 0 saturated heterocycles. The van der Waals surface area contributed by atoms with E-state index in [1.165, 1.54) is 119 Å². The van der Waals surface area contributed by atoms with Gasteiger partial charge in [-0.25, -0.2) is 0 Å². The van der Waals surface area contributed by atoms with Gasteiger partial charge in [0, 0.05) is 5.56 Å². The monoisotopic (exact) mass is 492 g/mol. The quantitative estimate of drug-likeness (QED) is 0.182. The first-order valence-electron chi connectivity index (χ1n) is 15.5. The summed E-state index contributed by atoms with van der Waals surface area (Å²) >= 11 is 0. The summed E-state index contributed by atoms with van der Waals surface area (Å²) < 4.78 is 0. The molecule has 0 radical (unpaired) electrons. The lowest BCUT2D eigenvalue weighted by Gasteiger charge is -2.23. The van der Waals surface area contributed by atoms with Crippen molar-refractivity contribution in [3.05, 3.63) is 53.1 Å². The van der Waals surface area contributed by atoms with E-state index in [-0.39, 0.29) is 0 Å². The molecule has 0 bridgehead atoms. The lowest BCUT2D eigenvalue weighted by molar-refractivity contribution is 0.474. The van der Waals surface area contributed by atoms with Gasteiger partial charge in [0.15, 0.2) is 0 Å². The fourth-order valence-corrected chi connectivity index (χ4v) is 5.73. The van der Waals surface area contributed by atoms with Crippen molar-refractivity contribution in [2.45, 2.75) is 149 Å². The predicted octanol–water partition coefficient (Wildman–Crippen LogP) is 11.5. The molecule has 0 heterocycles. The van der Waals surface area contributed by atoms with Gasteiger partial charge < -0.3 is 5.11 Å². The molecule has 0 aliphatic heterocycles. The Morgan fingerprint density at radius 2 is 1.08 bits per heavy atom. The Hall–Kier alpha value is -1.76. The maximum Gasteiger partial charge on any atom is 0.123 e. The first-order valence-corrected chi connectivity index (χ1v) is 15.5. The smallest absolute Gasteiger partial charge is 0.123 e. The van der Waals surface area contributed by atoms with Crippen LogP contribution in [-0.2, 0) is 12.8 Å². The number of hydrogen-bond donors (Lipinski definition) is 1. The van der Waals surface area contributed by atoms with E-state index in [1.807, 2.05) is 0 Å². The van der Waals surface area contributed by atoms with Crippen molar-refractivity contribution in [2.24, 2.45) is 0 Å². The summed E-state index contributed by atoms with van der Waals surface area (Å²) in [6, 6.07) is 12.7. The van der Waals surface area contributed by atoms with Gasteiger partial charge in [-0.1, -0.05) is 148 Å². The standard InChI is InChI=1S/C35H56O/c1-5-7-9-11-13-14-15-16-18-23-27-32-31(26-20-17-12-10-8-6-2)28-33(36)35(34(32)29(3)4)30-24-21-19-22-25-30/h19,21-22,24-25,28-29,36H,5-18,20,23,26-27H2,1-4H3. The fourth-order valence-electron chi connectivity index (χ4n) is 5.73. The average Bonchev–Trinajstić information content (AvgIpc) is 2.88.